The Hall–Kier alpha value is -3.87. The molecule has 3 rings (SSSR count). The zero-order chi connectivity index (χ0) is 20.6. The predicted octanol–water partition coefficient (Wildman–Crippen LogP) is 3.90. The van der Waals surface area contributed by atoms with Gasteiger partial charge in [-0.15, -0.1) is 0 Å². The van der Waals surface area contributed by atoms with E-state index in [0.29, 0.717) is 35.0 Å². The van der Waals surface area contributed by atoms with Crippen LogP contribution in [0, 0.1) is 0 Å². The molecule has 0 saturated heterocycles. The van der Waals surface area contributed by atoms with Crippen LogP contribution in [0.25, 0.3) is 11.3 Å². The minimum atomic E-state index is -0.362. The van der Waals surface area contributed by atoms with Gasteiger partial charge in [-0.1, -0.05) is 12.1 Å². The molecule has 1 heterocycles. The normalized spacial score (nSPS) is 10.7. The zero-order valence-electron chi connectivity index (χ0n) is 16.0. The van der Waals surface area contributed by atoms with Gasteiger partial charge in [-0.05, 0) is 55.5 Å². The van der Waals surface area contributed by atoms with Crippen LogP contribution >= 0.6 is 0 Å². The number of carbonyl (C=O) groups is 2. The molecule has 0 unspecified atom stereocenters. The summed E-state index contributed by atoms with van der Waals surface area (Å²) in [6, 6.07) is 17.1. The SMILES string of the molecule is CCOC(=O)c1ccc(-c2ccc(/C=N/NC(=O)c3ccc(OC)cc3)o2)cc1. The maximum absolute atomic E-state index is 12.1. The molecular formula is C22H20N2O5. The number of rotatable bonds is 7. The fourth-order valence-electron chi connectivity index (χ4n) is 2.52. The Kier molecular flexibility index (Phi) is 6.42. The number of hydrazone groups is 1. The Morgan fingerprint density at radius 2 is 1.69 bits per heavy atom. The van der Waals surface area contributed by atoms with E-state index in [2.05, 4.69) is 10.5 Å². The summed E-state index contributed by atoms with van der Waals surface area (Å²) in [6.45, 7) is 2.09. The number of amides is 1. The van der Waals surface area contributed by atoms with Crippen LogP contribution in [0.1, 0.15) is 33.4 Å². The van der Waals surface area contributed by atoms with E-state index >= 15 is 0 Å². The fraction of sp³-hybridized carbons (Fsp3) is 0.136. The number of esters is 1. The Balaban J connectivity index is 1.60. The van der Waals surface area contributed by atoms with Crippen molar-refractivity contribution in [3.05, 3.63) is 77.6 Å². The van der Waals surface area contributed by atoms with Crippen LogP contribution in [0.4, 0.5) is 0 Å². The molecule has 0 aliphatic rings. The maximum Gasteiger partial charge on any atom is 0.338 e. The first kappa shape index (κ1) is 19.9. The van der Waals surface area contributed by atoms with Gasteiger partial charge < -0.3 is 13.9 Å². The molecule has 29 heavy (non-hydrogen) atoms. The van der Waals surface area contributed by atoms with Gasteiger partial charge in [-0.25, -0.2) is 10.2 Å². The van der Waals surface area contributed by atoms with Crippen LogP contribution in [0.2, 0.25) is 0 Å². The number of furan rings is 1. The lowest BCUT2D eigenvalue weighted by molar-refractivity contribution is 0.0526. The highest BCUT2D eigenvalue weighted by Gasteiger charge is 2.09. The lowest BCUT2D eigenvalue weighted by atomic mass is 10.1. The zero-order valence-corrected chi connectivity index (χ0v) is 16.0. The lowest BCUT2D eigenvalue weighted by Crippen LogP contribution is -2.17. The second-order valence-corrected chi connectivity index (χ2v) is 5.93. The summed E-state index contributed by atoms with van der Waals surface area (Å²) in [5, 5.41) is 3.91. The number of hydrogen-bond donors (Lipinski definition) is 1. The van der Waals surface area contributed by atoms with Gasteiger partial charge in [-0.3, -0.25) is 4.79 Å². The molecule has 3 aromatic rings. The number of hydrogen-bond acceptors (Lipinski definition) is 6. The standard InChI is InChI=1S/C22H20N2O5/c1-3-28-22(26)17-6-4-15(5-7-17)20-13-12-19(29-20)14-23-24-21(25)16-8-10-18(27-2)11-9-16/h4-14H,3H2,1-2H3,(H,24,25)/b23-14+. The number of benzene rings is 2. The molecule has 0 radical (unpaired) electrons. The third-order valence-electron chi connectivity index (χ3n) is 4.02. The predicted molar refractivity (Wildman–Crippen MR) is 108 cm³/mol. The van der Waals surface area contributed by atoms with Gasteiger partial charge >= 0.3 is 5.97 Å². The Labute approximate surface area is 167 Å². The van der Waals surface area contributed by atoms with Gasteiger partial charge in [0.05, 0.1) is 25.5 Å². The third-order valence-corrected chi connectivity index (χ3v) is 4.02. The molecule has 2 aromatic carbocycles. The summed E-state index contributed by atoms with van der Waals surface area (Å²) in [7, 11) is 1.56. The number of ether oxygens (including phenoxy) is 2. The lowest BCUT2D eigenvalue weighted by Gasteiger charge is -2.02. The fourth-order valence-corrected chi connectivity index (χ4v) is 2.52. The average Bonchev–Trinajstić information content (AvgIpc) is 3.23. The summed E-state index contributed by atoms with van der Waals surface area (Å²) >= 11 is 0. The average molecular weight is 392 g/mol. The van der Waals surface area contributed by atoms with Crippen LogP contribution in [-0.2, 0) is 4.74 Å². The van der Waals surface area contributed by atoms with E-state index in [1.807, 2.05) is 0 Å². The van der Waals surface area contributed by atoms with Crippen LogP contribution in [0.5, 0.6) is 5.75 Å². The van der Waals surface area contributed by atoms with Crippen LogP contribution in [-0.4, -0.2) is 31.8 Å². The van der Waals surface area contributed by atoms with Crippen molar-refractivity contribution in [3.63, 3.8) is 0 Å². The number of carbonyl (C=O) groups excluding carboxylic acids is 2. The maximum atomic E-state index is 12.1. The van der Waals surface area contributed by atoms with Crippen molar-refractivity contribution in [1.29, 1.82) is 0 Å². The molecule has 1 N–H and O–H groups in total. The number of nitrogens with one attached hydrogen (secondary N) is 1. The topological polar surface area (TPSA) is 90.1 Å². The number of methoxy groups -OCH3 is 1. The molecular weight excluding hydrogens is 372 g/mol. The van der Waals surface area contributed by atoms with Gasteiger partial charge in [-0.2, -0.15) is 5.10 Å². The Bertz CT molecular complexity index is 1000. The Morgan fingerprint density at radius 1 is 1.00 bits per heavy atom. The molecule has 148 valence electrons. The van der Waals surface area contributed by atoms with Gasteiger partial charge in [0.15, 0.2) is 0 Å². The van der Waals surface area contributed by atoms with Crippen molar-refractivity contribution < 1.29 is 23.5 Å². The second kappa shape index (κ2) is 9.36. The van der Waals surface area contributed by atoms with Crippen molar-refractivity contribution in [2.24, 2.45) is 5.10 Å². The number of nitrogens with zero attached hydrogens (tertiary/aromatic N) is 1. The highest BCUT2D eigenvalue weighted by molar-refractivity contribution is 5.94. The van der Waals surface area contributed by atoms with Gasteiger partial charge in [0, 0.05) is 11.1 Å². The van der Waals surface area contributed by atoms with Crippen molar-refractivity contribution >= 4 is 18.1 Å². The van der Waals surface area contributed by atoms with Crippen molar-refractivity contribution in [3.8, 4) is 17.1 Å². The minimum absolute atomic E-state index is 0.330. The molecule has 0 saturated carbocycles. The van der Waals surface area contributed by atoms with E-state index in [-0.39, 0.29) is 11.9 Å². The summed E-state index contributed by atoms with van der Waals surface area (Å²) in [5.41, 5.74) is 4.19. The van der Waals surface area contributed by atoms with Crippen molar-refractivity contribution in [2.45, 2.75) is 6.92 Å². The van der Waals surface area contributed by atoms with Crippen molar-refractivity contribution in [1.82, 2.24) is 5.43 Å². The monoisotopic (exact) mass is 392 g/mol. The van der Waals surface area contributed by atoms with E-state index in [4.69, 9.17) is 13.9 Å². The molecule has 7 heteroatoms. The van der Waals surface area contributed by atoms with E-state index in [1.165, 1.54) is 6.21 Å². The summed E-state index contributed by atoms with van der Waals surface area (Å²) in [4.78, 5) is 23.8. The molecule has 0 bridgehead atoms. The first-order chi connectivity index (χ1) is 14.1. The molecule has 0 spiro atoms. The first-order valence-corrected chi connectivity index (χ1v) is 8.95. The van der Waals surface area contributed by atoms with Crippen LogP contribution in [0.15, 0.2) is 70.2 Å². The van der Waals surface area contributed by atoms with E-state index in [1.54, 1.807) is 74.7 Å². The largest absolute Gasteiger partial charge is 0.497 e. The molecule has 0 aliphatic carbocycles. The minimum Gasteiger partial charge on any atom is -0.497 e. The summed E-state index contributed by atoms with van der Waals surface area (Å²) in [6.07, 6.45) is 1.41. The van der Waals surface area contributed by atoms with E-state index in [9.17, 15) is 9.59 Å². The molecule has 1 amide bonds. The summed E-state index contributed by atoms with van der Waals surface area (Å²) < 4.78 is 15.7. The smallest absolute Gasteiger partial charge is 0.338 e. The van der Waals surface area contributed by atoms with Gasteiger partial charge in [0.1, 0.15) is 17.3 Å². The van der Waals surface area contributed by atoms with E-state index in [0.717, 1.165) is 5.56 Å². The second-order valence-electron chi connectivity index (χ2n) is 5.93. The summed E-state index contributed by atoms with van der Waals surface area (Å²) in [5.74, 6) is 1.06. The quantitative estimate of drug-likeness (QED) is 0.374. The molecule has 0 aliphatic heterocycles. The molecule has 0 fully saturated rings. The van der Waals surface area contributed by atoms with Gasteiger partial charge in [0.25, 0.3) is 5.91 Å². The molecule has 0 atom stereocenters. The molecule has 1 aromatic heterocycles. The van der Waals surface area contributed by atoms with E-state index < -0.39 is 0 Å². The van der Waals surface area contributed by atoms with Crippen LogP contribution in [0.3, 0.4) is 0 Å². The highest BCUT2D eigenvalue weighted by Crippen LogP contribution is 2.22. The molecule has 7 nitrogen and oxygen atoms in total. The first-order valence-electron chi connectivity index (χ1n) is 8.95. The third kappa shape index (κ3) is 5.10. The highest BCUT2D eigenvalue weighted by atomic mass is 16.5. The van der Waals surface area contributed by atoms with Crippen molar-refractivity contribution in [2.75, 3.05) is 13.7 Å². The van der Waals surface area contributed by atoms with Crippen LogP contribution < -0.4 is 10.2 Å². The van der Waals surface area contributed by atoms with Gasteiger partial charge in [0.2, 0.25) is 0 Å². The Morgan fingerprint density at radius 3 is 2.34 bits per heavy atom.